The van der Waals surface area contributed by atoms with Gasteiger partial charge < -0.3 is 19.9 Å². The van der Waals surface area contributed by atoms with Gasteiger partial charge in [0, 0.05) is 19.2 Å². The lowest BCUT2D eigenvalue weighted by Gasteiger charge is -2.36. The average Bonchev–Trinajstić information content (AvgIpc) is 2.56. The third-order valence-electron chi connectivity index (χ3n) is 4.59. The Labute approximate surface area is 132 Å². The van der Waals surface area contributed by atoms with Gasteiger partial charge in [-0.25, -0.2) is 0 Å². The van der Waals surface area contributed by atoms with Crippen LogP contribution in [0.1, 0.15) is 26.2 Å². The Bertz CT molecular complexity index is 541. The monoisotopic (exact) mass is 303 g/mol. The maximum atomic E-state index is 12.5. The van der Waals surface area contributed by atoms with Crippen molar-refractivity contribution in [2.45, 2.75) is 32.2 Å². The molecular formula is C17H25N3O2. The molecule has 0 spiro atoms. The Morgan fingerprint density at radius 2 is 2.00 bits per heavy atom. The first-order chi connectivity index (χ1) is 10.7. The Morgan fingerprint density at radius 1 is 1.23 bits per heavy atom. The van der Waals surface area contributed by atoms with Crippen molar-refractivity contribution in [1.82, 2.24) is 4.90 Å². The van der Waals surface area contributed by atoms with Crippen LogP contribution in [0.2, 0.25) is 0 Å². The Balaban J connectivity index is 1.75. The minimum absolute atomic E-state index is 0.148. The van der Waals surface area contributed by atoms with Gasteiger partial charge in [0.2, 0.25) is 5.91 Å². The molecule has 1 aromatic carbocycles. The number of carbonyl (C=O) groups excluding carboxylic acids is 1. The van der Waals surface area contributed by atoms with E-state index in [-0.39, 0.29) is 11.9 Å². The molecule has 0 aromatic heterocycles. The summed E-state index contributed by atoms with van der Waals surface area (Å²) in [6, 6.07) is 5.66. The summed E-state index contributed by atoms with van der Waals surface area (Å²) < 4.78 is 5.28. The first kappa shape index (κ1) is 15.2. The van der Waals surface area contributed by atoms with Crippen molar-refractivity contribution >= 4 is 17.3 Å². The number of benzene rings is 1. The highest BCUT2D eigenvalue weighted by atomic mass is 16.5. The summed E-state index contributed by atoms with van der Waals surface area (Å²) in [5.74, 6) is 0.957. The van der Waals surface area contributed by atoms with Crippen molar-refractivity contribution in [2.75, 3.05) is 43.5 Å². The Hall–Kier alpha value is -1.75. The molecule has 22 heavy (non-hydrogen) atoms. The first-order valence-electron chi connectivity index (χ1n) is 8.17. The Kier molecular flexibility index (Phi) is 4.52. The highest BCUT2D eigenvalue weighted by Gasteiger charge is 2.30. The number of nitrogens with zero attached hydrogens (tertiary/aromatic N) is 2. The highest BCUT2D eigenvalue weighted by molar-refractivity contribution is 6.04. The van der Waals surface area contributed by atoms with Gasteiger partial charge in [-0.3, -0.25) is 4.79 Å². The van der Waals surface area contributed by atoms with Crippen LogP contribution in [0.3, 0.4) is 0 Å². The molecule has 1 fully saturated rings. The molecule has 1 atom stereocenters. The minimum atomic E-state index is -0.194. The van der Waals surface area contributed by atoms with Crippen LogP contribution < -0.4 is 15.0 Å². The summed E-state index contributed by atoms with van der Waals surface area (Å²) >= 11 is 0. The fourth-order valence-electron chi connectivity index (χ4n) is 3.30. The summed E-state index contributed by atoms with van der Waals surface area (Å²) in [5, 5.41) is 3.27. The van der Waals surface area contributed by atoms with Gasteiger partial charge in [0.05, 0.1) is 18.5 Å². The number of carbonyl (C=O) groups is 1. The lowest BCUT2D eigenvalue weighted by molar-refractivity contribution is -0.119. The molecule has 0 aliphatic carbocycles. The minimum Gasteiger partial charge on any atom is -0.497 e. The topological polar surface area (TPSA) is 44.8 Å². The van der Waals surface area contributed by atoms with Crippen LogP contribution in [-0.2, 0) is 4.79 Å². The van der Waals surface area contributed by atoms with Crippen LogP contribution >= 0.6 is 0 Å². The van der Waals surface area contributed by atoms with Gasteiger partial charge in [-0.05, 0) is 45.0 Å². The molecule has 3 rings (SSSR count). The van der Waals surface area contributed by atoms with Gasteiger partial charge >= 0.3 is 0 Å². The van der Waals surface area contributed by atoms with E-state index in [9.17, 15) is 4.79 Å². The molecule has 5 nitrogen and oxygen atoms in total. The SMILES string of the molecule is COc1ccc2c(c1)NC(C)C(=O)N2CCN1CCCCC1. The molecule has 1 aromatic rings. The average molecular weight is 303 g/mol. The largest absolute Gasteiger partial charge is 0.497 e. The number of anilines is 2. The van der Waals surface area contributed by atoms with Crippen molar-refractivity contribution in [1.29, 1.82) is 0 Å². The zero-order valence-electron chi connectivity index (χ0n) is 13.5. The van der Waals surface area contributed by atoms with E-state index in [1.165, 1.54) is 19.3 Å². The molecule has 120 valence electrons. The number of methoxy groups -OCH3 is 1. The van der Waals surface area contributed by atoms with Gasteiger partial charge in [0.25, 0.3) is 0 Å². The molecule has 2 aliphatic heterocycles. The molecule has 0 bridgehead atoms. The molecule has 1 saturated heterocycles. The summed E-state index contributed by atoms with van der Waals surface area (Å²) in [6.45, 7) is 5.93. The molecule has 0 saturated carbocycles. The molecule has 2 heterocycles. The maximum Gasteiger partial charge on any atom is 0.249 e. The molecule has 1 unspecified atom stereocenters. The fraction of sp³-hybridized carbons (Fsp3) is 0.588. The van der Waals surface area contributed by atoms with E-state index >= 15 is 0 Å². The number of amides is 1. The zero-order valence-corrected chi connectivity index (χ0v) is 13.5. The summed E-state index contributed by atoms with van der Waals surface area (Å²) in [5.41, 5.74) is 1.94. The molecule has 0 radical (unpaired) electrons. The van der Waals surface area contributed by atoms with Gasteiger partial charge in [-0.2, -0.15) is 0 Å². The van der Waals surface area contributed by atoms with Gasteiger partial charge in [-0.15, -0.1) is 0 Å². The Morgan fingerprint density at radius 3 is 2.73 bits per heavy atom. The third kappa shape index (κ3) is 3.04. The van der Waals surface area contributed by atoms with Crippen molar-refractivity contribution < 1.29 is 9.53 Å². The van der Waals surface area contributed by atoms with E-state index in [2.05, 4.69) is 10.2 Å². The van der Waals surface area contributed by atoms with E-state index < -0.39 is 0 Å². The molecule has 1 amide bonds. The van der Waals surface area contributed by atoms with E-state index in [0.717, 1.165) is 43.3 Å². The number of fused-ring (bicyclic) bond motifs is 1. The van der Waals surface area contributed by atoms with Crippen LogP contribution in [0.4, 0.5) is 11.4 Å². The summed E-state index contributed by atoms with van der Waals surface area (Å²) in [4.78, 5) is 16.9. The van der Waals surface area contributed by atoms with E-state index in [1.54, 1.807) is 7.11 Å². The predicted molar refractivity (Wildman–Crippen MR) is 88.7 cm³/mol. The predicted octanol–water partition coefficient (Wildman–Crippen LogP) is 2.33. The van der Waals surface area contributed by atoms with E-state index in [4.69, 9.17) is 4.74 Å². The smallest absolute Gasteiger partial charge is 0.249 e. The van der Waals surface area contributed by atoms with Crippen LogP contribution in [0, 0.1) is 0 Å². The van der Waals surface area contributed by atoms with Gasteiger partial charge in [0.15, 0.2) is 0 Å². The van der Waals surface area contributed by atoms with Crippen molar-refractivity contribution in [2.24, 2.45) is 0 Å². The highest BCUT2D eigenvalue weighted by Crippen LogP contribution is 2.34. The number of hydrogen-bond donors (Lipinski definition) is 1. The molecule has 2 aliphatic rings. The zero-order chi connectivity index (χ0) is 15.5. The summed E-state index contributed by atoms with van der Waals surface area (Å²) in [6.07, 6.45) is 3.89. The van der Waals surface area contributed by atoms with Gasteiger partial charge in [-0.1, -0.05) is 6.42 Å². The standard InChI is InChI=1S/C17H25N3O2/c1-13-17(21)20(11-10-19-8-4-3-5-9-19)16-7-6-14(22-2)12-15(16)18-13/h6-7,12-13,18H,3-5,8-11H2,1-2H3. The maximum absolute atomic E-state index is 12.5. The second-order valence-corrected chi connectivity index (χ2v) is 6.14. The molecular weight excluding hydrogens is 278 g/mol. The number of rotatable bonds is 4. The van der Waals surface area contributed by atoms with E-state index in [0.29, 0.717) is 0 Å². The number of likely N-dealkylation sites (tertiary alicyclic amines) is 1. The second-order valence-electron chi connectivity index (χ2n) is 6.14. The van der Waals surface area contributed by atoms with Crippen LogP contribution in [0.15, 0.2) is 18.2 Å². The second kappa shape index (κ2) is 6.57. The fourth-order valence-corrected chi connectivity index (χ4v) is 3.30. The number of piperidine rings is 1. The lowest BCUT2D eigenvalue weighted by atomic mass is 10.1. The summed E-state index contributed by atoms with van der Waals surface area (Å²) in [7, 11) is 1.66. The quantitative estimate of drug-likeness (QED) is 0.927. The first-order valence-corrected chi connectivity index (χ1v) is 8.17. The number of ether oxygens (including phenoxy) is 1. The van der Waals surface area contributed by atoms with Crippen LogP contribution in [0.5, 0.6) is 5.75 Å². The number of hydrogen-bond acceptors (Lipinski definition) is 4. The van der Waals surface area contributed by atoms with Crippen molar-refractivity contribution in [3.63, 3.8) is 0 Å². The van der Waals surface area contributed by atoms with E-state index in [1.807, 2.05) is 30.0 Å². The molecule has 5 heteroatoms. The number of nitrogens with one attached hydrogen (secondary N) is 1. The van der Waals surface area contributed by atoms with Gasteiger partial charge in [0.1, 0.15) is 11.8 Å². The van der Waals surface area contributed by atoms with Crippen LogP contribution in [0.25, 0.3) is 0 Å². The van der Waals surface area contributed by atoms with Crippen LogP contribution in [-0.4, -0.2) is 50.1 Å². The van der Waals surface area contributed by atoms with Crippen molar-refractivity contribution in [3.8, 4) is 5.75 Å². The third-order valence-corrected chi connectivity index (χ3v) is 4.59. The lowest BCUT2D eigenvalue weighted by Crippen LogP contribution is -2.48. The molecule has 1 N–H and O–H groups in total. The normalized spacial score (nSPS) is 22.2. The van der Waals surface area contributed by atoms with Crippen molar-refractivity contribution in [3.05, 3.63) is 18.2 Å².